The molecule has 10 nitrogen and oxygen atoms in total. The van der Waals surface area contributed by atoms with Gasteiger partial charge in [0, 0.05) is 13.1 Å². The zero-order valence-electron chi connectivity index (χ0n) is 18.2. The number of imide groups is 1. The molecule has 1 aliphatic heterocycles. The topological polar surface area (TPSA) is 139 Å². The third-order valence-electron chi connectivity index (χ3n) is 6.19. The number of nitrogens with one attached hydrogen (secondary N) is 1. The molecule has 0 spiro atoms. The molecule has 3 N–H and O–H groups in total. The molecule has 1 saturated heterocycles. The number of carbonyl (C=O) groups excluding carboxylic acids is 3. The number of nitrogen functional groups attached to an aromatic ring is 1. The second-order valence-corrected chi connectivity index (χ2v) is 8.30. The number of likely N-dealkylation sites (tertiary alicyclic amines) is 1. The fraction of sp³-hybridized carbons (Fsp3) is 0.667. The van der Waals surface area contributed by atoms with Gasteiger partial charge in [0.05, 0.1) is 11.8 Å². The van der Waals surface area contributed by atoms with Crippen LogP contribution in [0, 0.1) is 11.8 Å². The number of hydrogen-bond donors (Lipinski definition) is 2. The normalized spacial score (nSPS) is 20.8. The Morgan fingerprint density at radius 2 is 1.68 bits per heavy atom. The third kappa shape index (κ3) is 4.28. The van der Waals surface area contributed by atoms with Gasteiger partial charge in [0.2, 0.25) is 17.7 Å². The van der Waals surface area contributed by atoms with Crippen molar-refractivity contribution in [1.29, 1.82) is 0 Å². The van der Waals surface area contributed by atoms with Crippen molar-refractivity contribution in [2.75, 3.05) is 23.7 Å². The molecule has 3 amide bonds. The lowest BCUT2D eigenvalue weighted by Gasteiger charge is -2.26. The monoisotopic (exact) mass is 433 g/mol. The molecule has 2 atom stereocenters. The minimum Gasteiger partial charge on any atom is -0.383 e. The first-order valence-electron chi connectivity index (χ1n) is 11.1. The molecule has 2 heterocycles. The summed E-state index contributed by atoms with van der Waals surface area (Å²) in [6.07, 6.45) is 5.07. The summed E-state index contributed by atoms with van der Waals surface area (Å²) in [5, 5.41) is 0. The number of rotatable bonds is 8. The van der Waals surface area contributed by atoms with Gasteiger partial charge >= 0.3 is 5.69 Å². The van der Waals surface area contributed by atoms with E-state index in [9.17, 15) is 24.0 Å². The predicted molar refractivity (Wildman–Crippen MR) is 115 cm³/mol. The van der Waals surface area contributed by atoms with Crippen molar-refractivity contribution in [3.05, 3.63) is 20.8 Å². The van der Waals surface area contributed by atoms with Gasteiger partial charge in [-0.25, -0.2) is 4.79 Å². The van der Waals surface area contributed by atoms with Crippen molar-refractivity contribution >= 4 is 29.2 Å². The number of nitrogens with two attached hydrogens (primary N) is 1. The number of amides is 3. The third-order valence-corrected chi connectivity index (χ3v) is 6.19. The highest BCUT2D eigenvalue weighted by molar-refractivity contribution is 6.09. The van der Waals surface area contributed by atoms with E-state index in [2.05, 4.69) is 4.98 Å². The molecule has 2 aliphatic rings. The first-order valence-corrected chi connectivity index (χ1v) is 11.1. The van der Waals surface area contributed by atoms with Crippen LogP contribution in [0.1, 0.15) is 58.8 Å². The van der Waals surface area contributed by atoms with Crippen molar-refractivity contribution < 1.29 is 14.4 Å². The Bertz CT molecular complexity index is 957. The van der Waals surface area contributed by atoms with Crippen LogP contribution in [0.25, 0.3) is 0 Å². The molecular weight excluding hydrogens is 402 g/mol. The Morgan fingerprint density at radius 3 is 2.23 bits per heavy atom. The number of nitrogens with zero attached hydrogens (tertiary/aromatic N) is 3. The minimum absolute atomic E-state index is 0.0900. The fourth-order valence-electron chi connectivity index (χ4n) is 4.57. The number of hydrogen-bond acceptors (Lipinski definition) is 6. The van der Waals surface area contributed by atoms with Crippen LogP contribution in [0.5, 0.6) is 0 Å². The van der Waals surface area contributed by atoms with Gasteiger partial charge in [-0.2, -0.15) is 0 Å². The van der Waals surface area contributed by atoms with Gasteiger partial charge in [-0.3, -0.25) is 33.6 Å². The Hall–Kier alpha value is -2.91. The van der Waals surface area contributed by atoms with Gasteiger partial charge in [-0.15, -0.1) is 0 Å². The summed E-state index contributed by atoms with van der Waals surface area (Å²) < 4.78 is 1.23. The molecule has 10 heteroatoms. The van der Waals surface area contributed by atoms with E-state index < -0.39 is 23.7 Å². The minimum atomic E-state index is -0.757. The van der Waals surface area contributed by atoms with Crippen LogP contribution < -0.4 is 21.9 Å². The zero-order chi connectivity index (χ0) is 22.7. The number of aromatic nitrogens is 2. The molecule has 1 aromatic heterocycles. The number of fused-ring (bicyclic) bond motifs is 1. The number of H-pyrrole nitrogens is 1. The highest BCUT2D eigenvalue weighted by Gasteiger charge is 2.48. The summed E-state index contributed by atoms with van der Waals surface area (Å²) >= 11 is 0. The molecule has 1 saturated carbocycles. The van der Waals surface area contributed by atoms with E-state index in [0.717, 1.165) is 24.2 Å². The molecule has 0 radical (unpaired) electrons. The van der Waals surface area contributed by atoms with E-state index in [-0.39, 0.29) is 48.2 Å². The van der Waals surface area contributed by atoms with Crippen molar-refractivity contribution in [3.8, 4) is 0 Å². The largest absolute Gasteiger partial charge is 0.383 e. The lowest BCUT2D eigenvalue weighted by molar-refractivity contribution is -0.143. The van der Waals surface area contributed by atoms with Crippen LogP contribution in [0.4, 0.5) is 11.5 Å². The summed E-state index contributed by atoms with van der Waals surface area (Å²) in [7, 11) is 0. The van der Waals surface area contributed by atoms with Crippen molar-refractivity contribution in [2.24, 2.45) is 11.8 Å². The SMILES string of the molecule is CCCCN(C(=O)CN1C(=O)[C@H]2CCCC[C@@H]2C1=O)c1c(N)n(CCC)c(=O)[nH]c1=O. The molecule has 0 bridgehead atoms. The molecular formula is C21H31N5O5. The lowest BCUT2D eigenvalue weighted by Crippen LogP contribution is -2.47. The quantitative estimate of drug-likeness (QED) is 0.583. The summed E-state index contributed by atoms with van der Waals surface area (Å²) in [4.78, 5) is 68.0. The molecule has 0 unspecified atom stereocenters. The molecule has 0 aromatic carbocycles. The van der Waals surface area contributed by atoms with E-state index in [0.29, 0.717) is 25.7 Å². The first-order chi connectivity index (χ1) is 14.8. The van der Waals surface area contributed by atoms with Crippen molar-refractivity contribution in [1.82, 2.24) is 14.5 Å². The fourth-order valence-corrected chi connectivity index (χ4v) is 4.57. The van der Waals surface area contributed by atoms with Gasteiger partial charge in [-0.05, 0) is 25.7 Å². The van der Waals surface area contributed by atoms with Crippen LogP contribution in [0.2, 0.25) is 0 Å². The standard InChI is InChI=1S/C21H31N5O5/c1-3-5-11-24(16-17(22)25(10-4-2)21(31)23-18(16)28)15(27)12-26-19(29)13-8-6-7-9-14(13)20(26)30/h13-14H,3-12,22H2,1-2H3,(H,23,28,31)/t13-,14-/m0/s1. The summed E-state index contributed by atoms with van der Waals surface area (Å²) in [5.74, 6) is -1.97. The maximum absolute atomic E-state index is 13.2. The lowest BCUT2D eigenvalue weighted by atomic mass is 9.81. The van der Waals surface area contributed by atoms with Crippen LogP contribution in [-0.2, 0) is 20.9 Å². The summed E-state index contributed by atoms with van der Waals surface area (Å²) in [5.41, 5.74) is 4.64. The average molecular weight is 434 g/mol. The number of anilines is 2. The predicted octanol–water partition coefficient (Wildman–Crippen LogP) is 0.837. The maximum Gasteiger partial charge on any atom is 0.330 e. The van der Waals surface area contributed by atoms with E-state index in [4.69, 9.17) is 5.73 Å². The second-order valence-electron chi connectivity index (χ2n) is 8.30. The number of carbonyl (C=O) groups is 3. The highest BCUT2D eigenvalue weighted by Crippen LogP contribution is 2.38. The first kappa shape index (κ1) is 22.8. The molecule has 2 fully saturated rings. The zero-order valence-corrected chi connectivity index (χ0v) is 18.2. The van der Waals surface area contributed by atoms with Crippen LogP contribution in [-0.4, -0.2) is 45.3 Å². The van der Waals surface area contributed by atoms with E-state index in [1.807, 2.05) is 13.8 Å². The summed E-state index contributed by atoms with van der Waals surface area (Å²) in [6.45, 7) is 3.85. The molecule has 3 rings (SSSR count). The van der Waals surface area contributed by atoms with Gasteiger partial charge in [0.25, 0.3) is 5.56 Å². The summed E-state index contributed by atoms with van der Waals surface area (Å²) in [6, 6.07) is 0. The number of aromatic amines is 1. The Morgan fingerprint density at radius 1 is 1.06 bits per heavy atom. The van der Waals surface area contributed by atoms with Gasteiger partial charge in [0.15, 0.2) is 5.69 Å². The van der Waals surface area contributed by atoms with Crippen LogP contribution >= 0.6 is 0 Å². The van der Waals surface area contributed by atoms with Crippen LogP contribution in [0.3, 0.4) is 0 Å². The van der Waals surface area contributed by atoms with E-state index in [1.54, 1.807) is 0 Å². The average Bonchev–Trinajstić information content (AvgIpc) is 2.98. The molecule has 31 heavy (non-hydrogen) atoms. The van der Waals surface area contributed by atoms with E-state index in [1.165, 1.54) is 9.47 Å². The Kier molecular flexibility index (Phi) is 6.97. The van der Waals surface area contributed by atoms with Gasteiger partial charge < -0.3 is 10.6 Å². The van der Waals surface area contributed by atoms with Crippen LogP contribution in [0.15, 0.2) is 9.59 Å². The maximum atomic E-state index is 13.2. The van der Waals surface area contributed by atoms with Crippen molar-refractivity contribution in [3.63, 3.8) is 0 Å². The van der Waals surface area contributed by atoms with Gasteiger partial charge in [0.1, 0.15) is 12.4 Å². The Balaban J connectivity index is 1.93. The Labute approximate surface area is 180 Å². The van der Waals surface area contributed by atoms with E-state index >= 15 is 0 Å². The van der Waals surface area contributed by atoms with Gasteiger partial charge in [-0.1, -0.05) is 33.1 Å². The molecule has 1 aromatic rings. The van der Waals surface area contributed by atoms with Crippen molar-refractivity contribution in [2.45, 2.75) is 65.3 Å². The molecule has 170 valence electrons. The second kappa shape index (κ2) is 9.49. The smallest absolute Gasteiger partial charge is 0.330 e. The molecule has 1 aliphatic carbocycles. The number of unbranched alkanes of at least 4 members (excludes halogenated alkanes) is 1. The highest BCUT2D eigenvalue weighted by atomic mass is 16.2.